The number of carboxylic acids is 1. The van der Waals surface area contributed by atoms with Crippen LogP contribution in [0.25, 0.3) is 17.0 Å². The van der Waals surface area contributed by atoms with Crippen LogP contribution in [-0.2, 0) is 14.3 Å². The lowest BCUT2D eigenvalue weighted by Gasteiger charge is -2.38. The number of likely N-dealkylation sites (tertiary alicyclic amines) is 1. The first-order valence-electron chi connectivity index (χ1n) is 14.1. The van der Waals surface area contributed by atoms with E-state index in [4.69, 9.17) is 24.1 Å². The number of benzene rings is 1. The predicted octanol–water partition coefficient (Wildman–Crippen LogP) is 4.52. The zero-order valence-electron chi connectivity index (χ0n) is 23.4. The number of anilines is 1. The second-order valence-corrected chi connectivity index (χ2v) is 10.6. The number of ether oxygens (including phenoxy) is 4. The van der Waals surface area contributed by atoms with Crippen LogP contribution < -0.4 is 14.4 Å². The molecule has 5 rings (SSSR count). The molecule has 0 spiro atoms. The second kappa shape index (κ2) is 13.2. The number of aromatic nitrogens is 1. The number of nitrogens with zero attached hydrogens (tertiary/aromatic N) is 3. The molecule has 4 heterocycles. The molecule has 0 bridgehead atoms. The van der Waals surface area contributed by atoms with Gasteiger partial charge in [-0.3, -0.25) is 4.98 Å². The lowest BCUT2D eigenvalue weighted by atomic mass is 9.95. The Bertz CT molecular complexity index is 1290. The van der Waals surface area contributed by atoms with Gasteiger partial charge in [-0.15, -0.1) is 0 Å². The van der Waals surface area contributed by atoms with Gasteiger partial charge in [0.15, 0.2) is 5.75 Å². The maximum Gasteiger partial charge on any atom is 0.328 e. The van der Waals surface area contributed by atoms with E-state index in [1.807, 2.05) is 18.2 Å². The third kappa shape index (κ3) is 6.95. The summed E-state index contributed by atoms with van der Waals surface area (Å²) < 4.78 is 22.6. The van der Waals surface area contributed by atoms with Crippen LogP contribution in [0.3, 0.4) is 0 Å². The monoisotopic (exact) mass is 549 g/mol. The topological polar surface area (TPSA) is 93.6 Å². The molecule has 0 saturated carbocycles. The van der Waals surface area contributed by atoms with Gasteiger partial charge >= 0.3 is 5.97 Å². The lowest BCUT2D eigenvalue weighted by Crippen LogP contribution is -2.41. The molecule has 0 unspecified atom stereocenters. The van der Waals surface area contributed by atoms with E-state index in [1.165, 1.54) is 5.57 Å². The van der Waals surface area contributed by atoms with E-state index in [0.717, 1.165) is 86.2 Å². The van der Waals surface area contributed by atoms with Crippen molar-refractivity contribution in [3.63, 3.8) is 0 Å². The molecule has 3 aliphatic rings. The largest absolute Gasteiger partial charge is 0.497 e. The Morgan fingerprint density at radius 3 is 2.77 bits per heavy atom. The first-order valence-corrected chi connectivity index (χ1v) is 14.1. The average Bonchev–Trinajstić information content (AvgIpc) is 2.98. The number of fused-ring (bicyclic) bond motifs is 3. The van der Waals surface area contributed by atoms with Crippen molar-refractivity contribution in [2.75, 3.05) is 71.2 Å². The molecule has 1 N–H and O–H groups in total. The standard InChI is InChI=1S/C31H39N3O6/c1-22(3-5-25-21-38-15-16-39-25)7-10-33-11-8-23(9-12-33)20-34-13-14-40-28-19-32-30-24(4-6-29(35)36)17-26(37-2)18-27(30)31(28)34/h3-6,17-19,23H,7-16,20-21H2,1-2H3,(H,35,36)/b6-4+,22-3+,25-5+. The highest BCUT2D eigenvalue weighted by Crippen LogP contribution is 2.41. The number of piperidine rings is 1. The Morgan fingerprint density at radius 1 is 1.18 bits per heavy atom. The van der Waals surface area contributed by atoms with Crippen LogP contribution in [0.2, 0.25) is 0 Å². The van der Waals surface area contributed by atoms with Crippen LogP contribution in [0, 0.1) is 5.92 Å². The van der Waals surface area contributed by atoms with E-state index in [0.29, 0.717) is 43.7 Å². The molecule has 2 fully saturated rings. The fourth-order valence-corrected chi connectivity index (χ4v) is 5.57. The summed E-state index contributed by atoms with van der Waals surface area (Å²) in [5.74, 6) is 1.92. The molecule has 3 aliphatic heterocycles. The Kier molecular flexibility index (Phi) is 9.23. The number of hydrogen-bond acceptors (Lipinski definition) is 8. The molecule has 2 aromatic rings. The molecule has 2 saturated heterocycles. The lowest BCUT2D eigenvalue weighted by molar-refractivity contribution is -0.131. The maximum atomic E-state index is 11.2. The Balaban J connectivity index is 1.23. The van der Waals surface area contributed by atoms with E-state index >= 15 is 0 Å². The molecule has 9 nitrogen and oxygen atoms in total. The first kappa shape index (κ1) is 28.0. The molecular weight excluding hydrogens is 510 g/mol. The van der Waals surface area contributed by atoms with Crippen molar-refractivity contribution in [2.24, 2.45) is 5.92 Å². The highest BCUT2D eigenvalue weighted by atomic mass is 16.6. The quantitative estimate of drug-likeness (QED) is 0.453. The second-order valence-electron chi connectivity index (χ2n) is 10.6. The van der Waals surface area contributed by atoms with Gasteiger partial charge in [-0.1, -0.05) is 11.6 Å². The SMILES string of the molecule is COc1cc(/C=C/C(=O)O)c2ncc3c(c2c1)N(CC1CCN(CC/C(C)=C/C=C2\COCCO2)CC1)CCO3. The molecule has 0 atom stereocenters. The number of methoxy groups -OCH3 is 1. The number of aliphatic carboxylic acids is 1. The Hall–Kier alpha value is -3.56. The highest BCUT2D eigenvalue weighted by molar-refractivity contribution is 6.01. The molecule has 0 amide bonds. The van der Waals surface area contributed by atoms with Crippen LogP contribution >= 0.6 is 0 Å². The van der Waals surface area contributed by atoms with Crippen LogP contribution in [0.15, 0.2) is 47.9 Å². The summed E-state index contributed by atoms with van der Waals surface area (Å²) in [6, 6.07) is 3.79. The molecule has 1 aromatic heterocycles. The summed E-state index contributed by atoms with van der Waals surface area (Å²) >= 11 is 0. The van der Waals surface area contributed by atoms with Gasteiger partial charge in [0.25, 0.3) is 0 Å². The van der Waals surface area contributed by atoms with E-state index in [-0.39, 0.29) is 0 Å². The number of hydrogen-bond donors (Lipinski definition) is 1. The van der Waals surface area contributed by atoms with Gasteiger partial charge in [-0.05, 0) is 69.5 Å². The predicted molar refractivity (Wildman–Crippen MR) is 155 cm³/mol. The average molecular weight is 550 g/mol. The van der Waals surface area contributed by atoms with E-state index in [2.05, 4.69) is 27.8 Å². The molecular formula is C31H39N3O6. The van der Waals surface area contributed by atoms with Crippen LogP contribution in [0.1, 0.15) is 31.7 Å². The van der Waals surface area contributed by atoms with Crippen molar-refractivity contribution in [3.05, 3.63) is 53.5 Å². The number of pyridine rings is 1. The fraction of sp³-hybridized carbons (Fsp3) is 0.484. The number of rotatable bonds is 9. The van der Waals surface area contributed by atoms with Gasteiger partial charge in [0, 0.05) is 30.1 Å². The summed E-state index contributed by atoms with van der Waals surface area (Å²) in [4.78, 5) is 20.8. The first-order chi connectivity index (χ1) is 19.5. The third-order valence-corrected chi connectivity index (χ3v) is 7.81. The van der Waals surface area contributed by atoms with Gasteiger partial charge in [-0.25, -0.2) is 4.79 Å². The summed E-state index contributed by atoms with van der Waals surface area (Å²) in [5.41, 5.74) is 3.81. The van der Waals surface area contributed by atoms with Crippen molar-refractivity contribution in [2.45, 2.75) is 26.2 Å². The minimum Gasteiger partial charge on any atom is -0.497 e. The van der Waals surface area contributed by atoms with Gasteiger partial charge in [0.1, 0.15) is 31.3 Å². The zero-order chi connectivity index (χ0) is 27.9. The van der Waals surface area contributed by atoms with Crippen molar-refractivity contribution < 1.29 is 28.8 Å². The van der Waals surface area contributed by atoms with E-state index in [1.54, 1.807) is 19.4 Å². The van der Waals surface area contributed by atoms with Crippen LogP contribution in [0.5, 0.6) is 11.5 Å². The zero-order valence-corrected chi connectivity index (χ0v) is 23.4. The number of carboxylic acid groups (broad SMARTS) is 1. The summed E-state index contributed by atoms with van der Waals surface area (Å²) in [6.45, 7) is 9.69. The Labute approximate surface area is 235 Å². The minimum absolute atomic E-state index is 0.563. The molecule has 0 aliphatic carbocycles. The van der Waals surface area contributed by atoms with E-state index in [9.17, 15) is 4.79 Å². The van der Waals surface area contributed by atoms with Crippen molar-refractivity contribution >= 4 is 28.6 Å². The molecule has 40 heavy (non-hydrogen) atoms. The molecule has 9 heteroatoms. The van der Waals surface area contributed by atoms with Crippen LogP contribution in [-0.4, -0.2) is 87.2 Å². The van der Waals surface area contributed by atoms with Crippen molar-refractivity contribution in [1.82, 2.24) is 9.88 Å². The van der Waals surface area contributed by atoms with Gasteiger partial charge in [-0.2, -0.15) is 0 Å². The van der Waals surface area contributed by atoms with Crippen molar-refractivity contribution in [3.8, 4) is 11.5 Å². The molecule has 214 valence electrons. The summed E-state index contributed by atoms with van der Waals surface area (Å²) in [6.07, 6.45) is 12.0. The van der Waals surface area contributed by atoms with Crippen molar-refractivity contribution in [1.29, 1.82) is 0 Å². The van der Waals surface area contributed by atoms with E-state index < -0.39 is 5.97 Å². The third-order valence-electron chi connectivity index (χ3n) is 7.81. The Morgan fingerprint density at radius 2 is 2.02 bits per heavy atom. The molecule has 1 aromatic carbocycles. The van der Waals surface area contributed by atoms with Gasteiger partial charge < -0.3 is 33.9 Å². The summed E-state index contributed by atoms with van der Waals surface area (Å²) in [7, 11) is 1.62. The maximum absolute atomic E-state index is 11.2. The van der Waals surface area contributed by atoms with Gasteiger partial charge in [0.2, 0.25) is 0 Å². The highest BCUT2D eigenvalue weighted by Gasteiger charge is 2.27. The normalized spacial score (nSPS) is 20.0. The van der Waals surface area contributed by atoms with Gasteiger partial charge in [0.05, 0.1) is 37.7 Å². The van der Waals surface area contributed by atoms with Crippen LogP contribution in [0.4, 0.5) is 5.69 Å². The number of allylic oxidation sites excluding steroid dienone is 2. The minimum atomic E-state index is -1.00. The summed E-state index contributed by atoms with van der Waals surface area (Å²) in [5, 5.41) is 10.1. The number of carbonyl (C=O) groups is 1. The fourth-order valence-electron chi connectivity index (χ4n) is 5.57. The smallest absolute Gasteiger partial charge is 0.328 e. The molecule has 0 radical (unpaired) electrons.